The first-order valence-corrected chi connectivity index (χ1v) is 5.54. The van der Waals surface area contributed by atoms with Gasteiger partial charge in [-0.2, -0.15) is 10.2 Å². The zero-order valence-electron chi connectivity index (χ0n) is 9.19. The lowest BCUT2D eigenvalue weighted by atomic mass is 10.1. The Kier molecular flexibility index (Phi) is 3.64. The smallest absolute Gasteiger partial charge is 0.0771 e. The summed E-state index contributed by atoms with van der Waals surface area (Å²) in [5, 5.41) is 11.3. The van der Waals surface area contributed by atoms with Gasteiger partial charge in [-0.1, -0.05) is 0 Å². The molecule has 0 aliphatic carbocycles. The molecule has 1 fully saturated rings. The lowest BCUT2D eigenvalue weighted by Crippen LogP contribution is -2.40. The molecule has 0 radical (unpaired) electrons. The van der Waals surface area contributed by atoms with Crippen molar-refractivity contribution in [1.29, 1.82) is 0 Å². The molecular formula is C11H18N4. The van der Waals surface area contributed by atoms with Gasteiger partial charge in [0.25, 0.3) is 0 Å². The van der Waals surface area contributed by atoms with Crippen molar-refractivity contribution in [3.05, 3.63) is 24.0 Å². The van der Waals surface area contributed by atoms with Gasteiger partial charge in [0.15, 0.2) is 0 Å². The van der Waals surface area contributed by atoms with Crippen LogP contribution in [0.3, 0.4) is 0 Å². The van der Waals surface area contributed by atoms with Crippen LogP contribution >= 0.6 is 0 Å². The Bertz CT molecular complexity index is 280. The van der Waals surface area contributed by atoms with Gasteiger partial charge in [0.1, 0.15) is 0 Å². The highest BCUT2D eigenvalue weighted by molar-refractivity contribution is 4.99. The lowest BCUT2D eigenvalue weighted by Gasteiger charge is -2.31. The van der Waals surface area contributed by atoms with E-state index in [0.717, 1.165) is 25.3 Å². The number of rotatable bonds is 3. The largest absolute Gasteiger partial charge is 0.317 e. The number of hydrogen-bond acceptors (Lipinski definition) is 4. The summed E-state index contributed by atoms with van der Waals surface area (Å²) in [6.07, 6.45) is 4.18. The van der Waals surface area contributed by atoms with Crippen molar-refractivity contribution in [2.45, 2.75) is 25.4 Å². The van der Waals surface area contributed by atoms with Crippen LogP contribution in [-0.4, -0.2) is 41.3 Å². The van der Waals surface area contributed by atoms with Gasteiger partial charge >= 0.3 is 0 Å². The van der Waals surface area contributed by atoms with E-state index in [1.165, 1.54) is 12.8 Å². The Morgan fingerprint density at radius 3 is 2.87 bits per heavy atom. The highest BCUT2D eigenvalue weighted by Gasteiger charge is 2.17. The Morgan fingerprint density at radius 2 is 2.27 bits per heavy atom. The Balaban J connectivity index is 1.82. The van der Waals surface area contributed by atoms with Crippen LogP contribution in [0.25, 0.3) is 0 Å². The molecule has 0 unspecified atom stereocenters. The molecule has 1 aromatic heterocycles. The van der Waals surface area contributed by atoms with E-state index in [4.69, 9.17) is 0 Å². The van der Waals surface area contributed by atoms with Crippen molar-refractivity contribution in [3.63, 3.8) is 0 Å². The molecule has 4 heteroatoms. The molecule has 15 heavy (non-hydrogen) atoms. The molecule has 2 rings (SSSR count). The number of aromatic nitrogens is 2. The van der Waals surface area contributed by atoms with Crippen LogP contribution < -0.4 is 5.32 Å². The molecule has 1 aliphatic rings. The van der Waals surface area contributed by atoms with Crippen LogP contribution in [0.1, 0.15) is 18.5 Å². The Morgan fingerprint density at radius 1 is 1.47 bits per heavy atom. The molecule has 0 atom stereocenters. The summed E-state index contributed by atoms with van der Waals surface area (Å²) < 4.78 is 0. The van der Waals surface area contributed by atoms with Crippen LogP contribution in [0.15, 0.2) is 18.3 Å². The molecule has 0 spiro atoms. The molecule has 1 aliphatic heterocycles. The average Bonchev–Trinajstić information content (AvgIpc) is 2.31. The predicted molar refractivity (Wildman–Crippen MR) is 59.4 cm³/mol. The summed E-state index contributed by atoms with van der Waals surface area (Å²) >= 11 is 0. The second-order valence-corrected chi connectivity index (χ2v) is 4.05. The minimum Gasteiger partial charge on any atom is -0.317 e. The summed E-state index contributed by atoms with van der Waals surface area (Å²) in [4.78, 5) is 2.44. The molecule has 1 N–H and O–H groups in total. The molecule has 1 aromatic rings. The molecule has 0 bridgehead atoms. The fraction of sp³-hybridized carbons (Fsp3) is 0.636. The van der Waals surface area contributed by atoms with Crippen LogP contribution in [0.5, 0.6) is 0 Å². The molecule has 4 nitrogen and oxygen atoms in total. The van der Waals surface area contributed by atoms with Gasteiger partial charge in [0.05, 0.1) is 5.69 Å². The number of piperidine rings is 1. The highest BCUT2D eigenvalue weighted by atomic mass is 15.2. The molecule has 0 amide bonds. The Hall–Kier alpha value is -1.00. The molecule has 82 valence electrons. The topological polar surface area (TPSA) is 41.0 Å². The van der Waals surface area contributed by atoms with Crippen LogP contribution in [0.4, 0.5) is 0 Å². The van der Waals surface area contributed by atoms with Gasteiger partial charge in [0.2, 0.25) is 0 Å². The second kappa shape index (κ2) is 5.19. The molecule has 0 saturated carbocycles. The number of hydrogen-bond donors (Lipinski definition) is 1. The number of nitrogens with zero attached hydrogens (tertiary/aromatic N) is 3. The summed E-state index contributed by atoms with van der Waals surface area (Å²) in [5.74, 6) is 0. The van der Waals surface area contributed by atoms with Crippen molar-refractivity contribution in [2.75, 3.05) is 20.1 Å². The first-order valence-electron chi connectivity index (χ1n) is 5.54. The average molecular weight is 206 g/mol. The van der Waals surface area contributed by atoms with E-state index >= 15 is 0 Å². The molecule has 0 aromatic carbocycles. The van der Waals surface area contributed by atoms with Crippen LogP contribution in [0, 0.1) is 0 Å². The first kappa shape index (κ1) is 10.5. The fourth-order valence-electron chi connectivity index (χ4n) is 2.03. The van der Waals surface area contributed by atoms with E-state index in [-0.39, 0.29) is 0 Å². The lowest BCUT2D eigenvalue weighted by molar-refractivity contribution is 0.192. The van der Waals surface area contributed by atoms with Crippen molar-refractivity contribution in [3.8, 4) is 0 Å². The van der Waals surface area contributed by atoms with Crippen LogP contribution in [-0.2, 0) is 6.54 Å². The summed E-state index contributed by atoms with van der Waals surface area (Å²) in [5.41, 5.74) is 1.07. The van der Waals surface area contributed by atoms with E-state index < -0.39 is 0 Å². The van der Waals surface area contributed by atoms with Crippen LogP contribution in [0.2, 0.25) is 0 Å². The van der Waals surface area contributed by atoms with Gasteiger partial charge in [-0.3, -0.25) is 4.90 Å². The third kappa shape index (κ3) is 2.97. The van der Waals surface area contributed by atoms with Gasteiger partial charge < -0.3 is 5.32 Å². The second-order valence-electron chi connectivity index (χ2n) is 4.05. The first-order chi connectivity index (χ1) is 7.38. The van der Waals surface area contributed by atoms with E-state index in [2.05, 4.69) is 20.4 Å². The summed E-state index contributed by atoms with van der Waals surface area (Å²) in [6, 6.07) is 4.68. The quantitative estimate of drug-likeness (QED) is 0.789. The number of nitrogens with one attached hydrogen (secondary N) is 1. The highest BCUT2D eigenvalue weighted by Crippen LogP contribution is 2.11. The van der Waals surface area contributed by atoms with Gasteiger partial charge in [-0.25, -0.2) is 0 Å². The minimum absolute atomic E-state index is 0.697. The van der Waals surface area contributed by atoms with Crippen molar-refractivity contribution < 1.29 is 0 Å². The predicted octanol–water partition coefficient (Wildman–Crippen LogP) is 0.660. The molecular weight excluding hydrogens is 188 g/mol. The maximum Gasteiger partial charge on any atom is 0.0771 e. The maximum absolute atomic E-state index is 4.10. The standard InChI is InChI=1S/C11H18N4/c1-12-10-4-7-15(8-5-10)9-11-3-2-6-13-14-11/h2-3,6,10,12H,4-5,7-9H2,1H3. The minimum atomic E-state index is 0.697. The zero-order chi connectivity index (χ0) is 10.5. The fourth-order valence-corrected chi connectivity index (χ4v) is 2.03. The summed E-state index contributed by atoms with van der Waals surface area (Å²) in [6.45, 7) is 3.24. The van der Waals surface area contributed by atoms with E-state index in [9.17, 15) is 0 Å². The van der Waals surface area contributed by atoms with E-state index in [1.807, 2.05) is 19.2 Å². The van der Waals surface area contributed by atoms with E-state index in [0.29, 0.717) is 6.04 Å². The Labute approximate surface area is 90.7 Å². The van der Waals surface area contributed by atoms with Gasteiger partial charge in [0, 0.05) is 31.9 Å². The van der Waals surface area contributed by atoms with Gasteiger partial charge in [-0.15, -0.1) is 0 Å². The van der Waals surface area contributed by atoms with E-state index in [1.54, 1.807) is 6.20 Å². The maximum atomic E-state index is 4.10. The normalized spacial score (nSPS) is 19.3. The SMILES string of the molecule is CNC1CCN(Cc2cccnn2)CC1. The van der Waals surface area contributed by atoms with Crippen molar-refractivity contribution in [2.24, 2.45) is 0 Å². The molecule has 1 saturated heterocycles. The third-order valence-electron chi connectivity index (χ3n) is 3.01. The zero-order valence-corrected chi connectivity index (χ0v) is 9.19. The van der Waals surface area contributed by atoms with Gasteiger partial charge in [-0.05, 0) is 32.0 Å². The summed E-state index contributed by atoms with van der Waals surface area (Å²) in [7, 11) is 2.04. The molecule has 2 heterocycles. The number of likely N-dealkylation sites (tertiary alicyclic amines) is 1. The van der Waals surface area contributed by atoms with Crippen molar-refractivity contribution >= 4 is 0 Å². The third-order valence-corrected chi connectivity index (χ3v) is 3.01. The monoisotopic (exact) mass is 206 g/mol. The van der Waals surface area contributed by atoms with Crippen molar-refractivity contribution in [1.82, 2.24) is 20.4 Å².